The van der Waals surface area contributed by atoms with Gasteiger partial charge in [0.05, 0.1) is 6.20 Å². The van der Waals surface area contributed by atoms with E-state index in [-0.39, 0.29) is 0 Å². The van der Waals surface area contributed by atoms with Crippen LogP contribution in [-0.4, -0.2) is 14.8 Å². The molecule has 1 N–H and O–H groups in total. The van der Waals surface area contributed by atoms with Gasteiger partial charge in [0.25, 0.3) is 0 Å². The minimum Gasteiger partial charge on any atom is -0.339 e. The number of nitrogens with zero attached hydrogens (tertiary/aromatic N) is 2. The fraction of sp³-hybridized carbons (Fsp3) is 0.100. The van der Waals surface area contributed by atoms with E-state index in [1.807, 2.05) is 30.1 Å². The Labute approximate surface area is 75.0 Å². The number of nitrogens with one attached hydrogen (secondary N) is 1. The zero-order valence-corrected chi connectivity index (χ0v) is 7.28. The number of benzene rings is 1. The maximum Gasteiger partial charge on any atom is 0.136 e. The molecule has 1 aromatic carbocycles. The zero-order valence-electron chi connectivity index (χ0n) is 7.28. The molecule has 0 fully saturated rings. The van der Waals surface area contributed by atoms with Gasteiger partial charge < -0.3 is 4.98 Å². The van der Waals surface area contributed by atoms with Crippen LogP contribution in [-0.2, 0) is 7.05 Å². The van der Waals surface area contributed by atoms with E-state index >= 15 is 0 Å². The highest BCUT2D eigenvalue weighted by Gasteiger charge is 2.05. The van der Waals surface area contributed by atoms with Crippen LogP contribution in [0, 0.1) is 0 Å². The highest BCUT2D eigenvalue weighted by Crippen LogP contribution is 2.23. The van der Waals surface area contributed by atoms with Crippen molar-refractivity contribution in [1.29, 1.82) is 0 Å². The monoisotopic (exact) mass is 171 g/mol. The molecular weight excluding hydrogens is 162 g/mol. The molecule has 0 aliphatic heterocycles. The summed E-state index contributed by atoms with van der Waals surface area (Å²) in [5, 5.41) is 6.63. The molecule has 0 amide bonds. The number of aryl methyl sites for hydroxylation is 1. The van der Waals surface area contributed by atoms with Crippen LogP contribution in [0.3, 0.4) is 0 Å². The Bertz CT molecular complexity index is 574. The van der Waals surface area contributed by atoms with E-state index in [1.54, 1.807) is 0 Å². The van der Waals surface area contributed by atoms with Gasteiger partial charge in [0.15, 0.2) is 0 Å². The van der Waals surface area contributed by atoms with E-state index < -0.39 is 0 Å². The number of aromatic nitrogens is 3. The van der Waals surface area contributed by atoms with Gasteiger partial charge in [0.1, 0.15) is 5.65 Å². The van der Waals surface area contributed by atoms with Gasteiger partial charge >= 0.3 is 0 Å². The van der Waals surface area contributed by atoms with Crippen molar-refractivity contribution in [2.75, 3.05) is 0 Å². The van der Waals surface area contributed by atoms with Crippen LogP contribution in [0.25, 0.3) is 21.9 Å². The first-order chi connectivity index (χ1) is 6.36. The van der Waals surface area contributed by atoms with Crippen LogP contribution in [0.15, 0.2) is 30.5 Å². The molecule has 64 valence electrons. The number of para-hydroxylation sites is 1. The molecular formula is C10H9N3. The molecule has 0 radical (unpaired) electrons. The molecule has 3 nitrogen and oxygen atoms in total. The van der Waals surface area contributed by atoms with Gasteiger partial charge in [-0.2, -0.15) is 5.10 Å². The Kier molecular flexibility index (Phi) is 1.10. The van der Waals surface area contributed by atoms with Crippen LogP contribution < -0.4 is 0 Å². The van der Waals surface area contributed by atoms with Gasteiger partial charge in [-0.15, -0.1) is 0 Å². The Morgan fingerprint density at radius 1 is 1.23 bits per heavy atom. The number of aromatic amines is 1. The highest BCUT2D eigenvalue weighted by molar-refractivity contribution is 6.05. The smallest absolute Gasteiger partial charge is 0.136 e. The SMILES string of the molecule is Cn1ncc2c3ccccc3[nH]c21. The van der Waals surface area contributed by atoms with Gasteiger partial charge in [-0.25, -0.2) is 0 Å². The minimum absolute atomic E-state index is 1.08. The molecule has 0 spiro atoms. The summed E-state index contributed by atoms with van der Waals surface area (Å²) in [4.78, 5) is 3.33. The third-order valence-corrected chi connectivity index (χ3v) is 2.41. The molecule has 3 rings (SSSR count). The Morgan fingerprint density at radius 2 is 2.08 bits per heavy atom. The maximum absolute atomic E-state index is 4.19. The second-order valence-electron chi connectivity index (χ2n) is 3.20. The lowest BCUT2D eigenvalue weighted by atomic mass is 10.2. The topological polar surface area (TPSA) is 33.6 Å². The summed E-state index contributed by atoms with van der Waals surface area (Å²) in [6, 6.07) is 8.26. The van der Waals surface area contributed by atoms with Crippen molar-refractivity contribution >= 4 is 21.9 Å². The van der Waals surface area contributed by atoms with Gasteiger partial charge in [-0.3, -0.25) is 4.68 Å². The molecule has 0 saturated heterocycles. The molecule has 0 unspecified atom stereocenters. The molecule has 0 saturated carbocycles. The van der Waals surface area contributed by atoms with Crippen LogP contribution in [0.2, 0.25) is 0 Å². The Morgan fingerprint density at radius 3 is 3.00 bits per heavy atom. The predicted molar refractivity (Wildman–Crippen MR) is 52.6 cm³/mol. The first-order valence-corrected chi connectivity index (χ1v) is 4.25. The summed E-state index contributed by atoms with van der Waals surface area (Å²) in [6.07, 6.45) is 1.90. The standard InChI is InChI=1S/C10H9N3/c1-13-10-8(6-11-13)7-4-2-3-5-9(7)12-10/h2-6,12H,1H3. The number of fused-ring (bicyclic) bond motifs is 3. The zero-order chi connectivity index (χ0) is 8.84. The molecule has 2 heterocycles. The highest BCUT2D eigenvalue weighted by atomic mass is 15.3. The molecule has 2 aromatic heterocycles. The average molecular weight is 171 g/mol. The fourth-order valence-corrected chi connectivity index (χ4v) is 1.74. The van der Waals surface area contributed by atoms with Crippen LogP contribution in [0.1, 0.15) is 0 Å². The van der Waals surface area contributed by atoms with Crippen molar-refractivity contribution < 1.29 is 0 Å². The van der Waals surface area contributed by atoms with Gasteiger partial charge in [0.2, 0.25) is 0 Å². The molecule has 3 heteroatoms. The van der Waals surface area contributed by atoms with Gasteiger partial charge in [-0.05, 0) is 6.07 Å². The second-order valence-corrected chi connectivity index (χ2v) is 3.20. The summed E-state index contributed by atoms with van der Waals surface area (Å²) in [6.45, 7) is 0. The van der Waals surface area contributed by atoms with Crippen LogP contribution >= 0.6 is 0 Å². The first-order valence-electron chi connectivity index (χ1n) is 4.25. The lowest BCUT2D eigenvalue weighted by Gasteiger charge is -1.87. The molecule has 0 atom stereocenters. The molecule has 0 aliphatic rings. The molecule has 0 bridgehead atoms. The quantitative estimate of drug-likeness (QED) is 0.551. The minimum atomic E-state index is 1.08. The van der Waals surface area contributed by atoms with E-state index in [0.717, 1.165) is 5.65 Å². The summed E-state index contributed by atoms with van der Waals surface area (Å²) < 4.78 is 1.86. The van der Waals surface area contributed by atoms with E-state index in [0.29, 0.717) is 0 Å². The summed E-state index contributed by atoms with van der Waals surface area (Å²) in [5.74, 6) is 0. The van der Waals surface area contributed by atoms with Crippen molar-refractivity contribution in [3.63, 3.8) is 0 Å². The number of hydrogen-bond acceptors (Lipinski definition) is 1. The third-order valence-electron chi connectivity index (χ3n) is 2.41. The predicted octanol–water partition coefficient (Wildman–Crippen LogP) is 2.05. The van der Waals surface area contributed by atoms with E-state index in [2.05, 4.69) is 22.2 Å². The fourth-order valence-electron chi connectivity index (χ4n) is 1.74. The lowest BCUT2D eigenvalue weighted by molar-refractivity contribution is 0.788. The van der Waals surface area contributed by atoms with E-state index in [1.165, 1.54) is 16.3 Å². The lowest BCUT2D eigenvalue weighted by Crippen LogP contribution is -1.88. The van der Waals surface area contributed by atoms with Crippen molar-refractivity contribution in [3.8, 4) is 0 Å². The Hall–Kier alpha value is -1.77. The summed E-state index contributed by atoms with van der Waals surface area (Å²) in [7, 11) is 1.94. The molecule has 3 aromatic rings. The molecule has 13 heavy (non-hydrogen) atoms. The van der Waals surface area contributed by atoms with Crippen LogP contribution in [0.4, 0.5) is 0 Å². The van der Waals surface area contributed by atoms with Crippen molar-refractivity contribution in [2.24, 2.45) is 7.05 Å². The first kappa shape index (κ1) is 6.71. The molecule has 0 aliphatic carbocycles. The number of rotatable bonds is 0. The van der Waals surface area contributed by atoms with Gasteiger partial charge in [0, 0.05) is 23.3 Å². The number of H-pyrrole nitrogens is 1. The third kappa shape index (κ3) is 0.758. The van der Waals surface area contributed by atoms with Crippen molar-refractivity contribution in [3.05, 3.63) is 30.5 Å². The number of hydrogen-bond donors (Lipinski definition) is 1. The summed E-state index contributed by atoms with van der Waals surface area (Å²) >= 11 is 0. The van der Waals surface area contributed by atoms with Crippen molar-refractivity contribution in [1.82, 2.24) is 14.8 Å². The van der Waals surface area contributed by atoms with E-state index in [9.17, 15) is 0 Å². The van der Waals surface area contributed by atoms with Gasteiger partial charge in [-0.1, -0.05) is 18.2 Å². The van der Waals surface area contributed by atoms with Crippen LogP contribution in [0.5, 0.6) is 0 Å². The average Bonchev–Trinajstić information content (AvgIpc) is 2.67. The second kappa shape index (κ2) is 2.13. The Balaban J connectivity index is 2.64. The normalized spacial score (nSPS) is 11.5. The maximum atomic E-state index is 4.19. The summed E-state index contributed by atoms with van der Waals surface area (Å²) in [5.41, 5.74) is 2.26. The largest absolute Gasteiger partial charge is 0.339 e. The van der Waals surface area contributed by atoms with Crippen molar-refractivity contribution in [2.45, 2.75) is 0 Å². The van der Waals surface area contributed by atoms with E-state index in [4.69, 9.17) is 0 Å².